The van der Waals surface area contributed by atoms with Crippen LogP contribution >= 0.6 is 15.9 Å². The van der Waals surface area contributed by atoms with Crippen LogP contribution in [-0.4, -0.2) is 14.2 Å². The molecule has 0 unspecified atom stereocenters. The number of nitrogens with zero attached hydrogens (tertiary/aromatic N) is 1. The standard InChI is InChI=1S/C15H17BrN2O/c1-10-7-15(13(16)9-14(10)17)18(2)11-5-4-6-12(8-11)19-3/h4-9H,17H2,1-3H3. The summed E-state index contributed by atoms with van der Waals surface area (Å²) in [5.41, 5.74) is 9.88. The van der Waals surface area contributed by atoms with Gasteiger partial charge in [-0.1, -0.05) is 6.07 Å². The van der Waals surface area contributed by atoms with E-state index in [-0.39, 0.29) is 0 Å². The second kappa shape index (κ2) is 5.53. The molecule has 3 nitrogen and oxygen atoms in total. The lowest BCUT2D eigenvalue weighted by molar-refractivity contribution is 0.415. The topological polar surface area (TPSA) is 38.5 Å². The van der Waals surface area contributed by atoms with E-state index in [1.165, 1.54) is 0 Å². The van der Waals surface area contributed by atoms with Gasteiger partial charge >= 0.3 is 0 Å². The van der Waals surface area contributed by atoms with E-state index >= 15 is 0 Å². The van der Waals surface area contributed by atoms with Crippen LogP contribution in [0, 0.1) is 6.92 Å². The molecule has 0 spiro atoms. The van der Waals surface area contributed by atoms with Crippen LogP contribution in [0.4, 0.5) is 17.1 Å². The predicted octanol–water partition coefficient (Wildman–Crippen LogP) is 4.12. The molecule has 19 heavy (non-hydrogen) atoms. The summed E-state index contributed by atoms with van der Waals surface area (Å²) in [6, 6.07) is 11.9. The third kappa shape index (κ3) is 2.84. The van der Waals surface area contributed by atoms with Crippen LogP contribution in [-0.2, 0) is 0 Å². The number of hydrogen-bond donors (Lipinski definition) is 1. The number of methoxy groups -OCH3 is 1. The maximum Gasteiger partial charge on any atom is 0.120 e. The Bertz CT molecular complexity index is 599. The van der Waals surface area contributed by atoms with E-state index in [0.717, 1.165) is 32.8 Å². The van der Waals surface area contributed by atoms with Crippen LogP contribution in [0.2, 0.25) is 0 Å². The Balaban J connectivity index is 2.43. The molecule has 0 fully saturated rings. The van der Waals surface area contributed by atoms with Crippen molar-refractivity contribution in [3.63, 3.8) is 0 Å². The summed E-state index contributed by atoms with van der Waals surface area (Å²) < 4.78 is 6.23. The average Bonchev–Trinajstić information content (AvgIpc) is 2.42. The van der Waals surface area contributed by atoms with Gasteiger partial charge in [-0.3, -0.25) is 0 Å². The van der Waals surface area contributed by atoms with Crippen molar-refractivity contribution in [2.45, 2.75) is 6.92 Å². The van der Waals surface area contributed by atoms with E-state index in [4.69, 9.17) is 10.5 Å². The van der Waals surface area contributed by atoms with E-state index in [1.807, 2.05) is 44.3 Å². The van der Waals surface area contributed by atoms with E-state index in [2.05, 4.69) is 26.9 Å². The summed E-state index contributed by atoms with van der Waals surface area (Å²) in [7, 11) is 3.69. The van der Waals surface area contributed by atoms with Crippen LogP contribution in [0.3, 0.4) is 0 Å². The Hall–Kier alpha value is -1.68. The lowest BCUT2D eigenvalue weighted by Crippen LogP contribution is -2.10. The predicted molar refractivity (Wildman–Crippen MR) is 84.3 cm³/mol. The van der Waals surface area contributed by atoms with Crippen molar-refractivity contribution in [3.05, 3.63) is 46.4 Å². The summed E-state index contributed by atoms with van der Waals surface area (Å²) in [5.74, 6) is 0.840. The summed E-state index contributed by atoms with van der Waals surface area (Å²) in [6.45, 7) is 2.00. The van der Waals surface area contributed by atoms with E-state index in [9.17, 15) is 0 Å². The summed E-state index contributed by atoms with van der Waals surface area (Å²) in [5, 5.41) is 0. The van der Waals surface area contributed by atoms with Gasteiger partial charge in [-0.2, -0.15) is 0 Å². The third-order valence-electron chi connectivity index (χ3n) is 3.14. The van der Waals surface area contributed by atoms with E-state index < -0.39 is 0 Å². The number of halogens is 1. The molecule has 2 aromatic carbocycles. The Morgan fingerprint density at radius 1 is 1.21 bits per heavy atom. The average molecular weight is 321 g/mol. The maximum absolute atomic E-state index is 5.91. The highest BCUT2D eigenvalue weighted by Gasteiger charge is 2.10. The number of nitrogens with two attached hydrogens (primary N) is 1. The third-order valence-corrected chi connectivity index (χ3v) is 3.77. The van der Waals surface area contributed by atoms with Crippen molar-refractivity contribution >= 4 is 33.0 Å². The molecule has 2 aromatic rings. The molecule has 0 atom stereocenters. The minimum atomic E-state index is 0.787. The molecule has 2 N–H and O–H groups in total. The van der Waals surface area contributed by atoms with E-state index in [0.29, 0.717) is 0 Å². The summed E-state index contributed by atoms with van der Waals surface area (Å²) >= 11 is 3.56. The molecule has 2 rings (SSSR count). The zero-order valence-electron chi connectivity index (χ0n) is 11.3. The quantitative estimate of drug-likeness (QED) is 0.865. The van der Waals surface area contributed by atoms with Gasteiger partial charge in [-0.25, -0.2) is 0 Å². The van der Waals surface area contributed by atoms with Gasteiger partial charge in [-0.15, -0.1) is 0 Å². The van der Waals surface area contributed by atoms with Crippen LogP contribution < -0.4 is 15.4 Å². The first-order chi connectivity index (χ1) is 9.02. The number of nitrogen functional groups attached to an aromatic ring is 1. The van der Waals surface area contributed by atoms with Crippen LogP contribution in [0.15, 0.2) is 40.9 Å². The van der Waals surface area contributed by atoms with Gasteiger partial charge in [-0.05, 0) is 52.7 Å². The van der Waals surface area contributed by atoms with Gasteiger partial charge in [0.2, 0.25) is 0 Å². The number of hydrogen-bond acceptors (Lipinski definition) is 3. The summed E-state index contributed by atoms with van der Waals surface area (Å²) in [4.78, 5) is 2.10. The van der Waals surface area contributed by atoms with Gasteiger partial charge in [0.05, 0.1) is 12.8 Å². The molecule has 0 radical (unpaired) electrons. The Morgan fingerprint density at radius 2 is 1.95 bits per heavy atom. The number of aryl methyl sites for hydroxylation is 1. The fourth-order valence-corrected chi connectivity index (χ4v) is 2.52. The molecular weight excluding hydrogens is 304 g/mol. The molecule has 0 aliphatic carbocycles. The Labute approximate surface area is 122 Å². The second-order valence-electron chi connectivity index (χ2n) is 4.42. The van der Waals surface area contributed by atoms with Gasteiger partial charge < -0.3 is 15.4 Å². The van der Waals surface area contributed by atoms with Crippen molar-refractivity contribution in [2.75, 3.05) is 24.8 Å². The number of anilines is 3. The largest absolute Gasteiger partial charge is 0.497 e. The number of benzene rings is 2. The molecule has 0 bridgehead atoms. The second-order valence-corrected chi connectivity index (χ2v) is 5.28. The number of ether oxygens (including phenoxy) is 1. The highest BCUT2D eigenvalue weighted by Crippen LogP contribution is 2.35. The molecule has 0 aromatic heterocycles. The van der Waals surface area contributed by atoms with E-state index in [1.54, 1.807) is 7.11 Å². The van der Waals surface area contributed by atoms with Crippen LogP contribution in [0.1, 0.15) is 5.56 Å². The fraction of sp³-hybridized carbons (Fsp3) is 0.200. The van der Waals surface area contributed by atoms with Gasteiger partial charge in [0.25, 0.3) is 0 Å². The van der Waals surface area contributed by atoms with Crippen LogP contribution in [0.25, 0.3) is 0 Å². The lowest BCUT2D eigenvalue weighted by Gasteiger charge is -2.22. The number of rotatable bonds is 3. The first kappa shape index (κ1) is 13.7. The molecule has 0 aliphatic rings. The molecule has 0 saturated heterocycles. The highest BCUT2D eigenvalue weighted by molar-refractivity contribution is 9.10. The smallest absolute Gasteiger partial charge is 0.120 e. The van der Waals surface area contributed by atoms with Gasteiger partial charge in [0.15, 0.2) is 0 Å². The summed E-state index contributed by atoms with van der Waals surface area (Å²) in [6.07, 6.45) is 0. The monoisotopic (exact) mass is 320 g/mol. The Morgan fingerprint density at radius 3 is 2.63 bits per heavy atom. The highest BCUT2D eigenvalue weighted by atomic mass is 79.9. The first-order valence-electron chi connectivity index (χ1n) is 5.96. The minimum Gasteiger partial charge on any atom is -0.497 e. The normalized spacial score (nSPS) is 10.3. The fourth-order valence-electron chi connectivity index (χ4n) is 1.90. The van der Waals surface area contributed by atoms with Gasteiger partial charge in [0.1, 0.15) is 5.75 Å². The van der Waals surface area contributed by atoms with Crippen molar-refractivity contribution < 1.29 is 4.74 Å². The maximum atomic E-state index is 5.91. The van der Waals surface area contributed by atoms with Crippen molar-refractivity contribution in [1.82, 2.24) is 0 Å². The lowest BCUT2D eigenvalue weighted by atomic mass is 10.1. The first-order valence-corrected chi connectivity index (χ1v) is 6.75. The zero-order chi connectivity index (χ0) is 14.0. The molecule has 0 amide bonds. The molecule has 4 heteroatoms. The van der Waals surface area contributed by atoms with Crippen molar-refractivity contribution in [3.8, 4) is 5.75 Å². The molecule has 100 valence electrons. The minimum absolute atomic E-state index is 0.787. The van der Waals surface area contributed by atoms with Crippen LogP contribution in [0.5, 0.6) is 5.75 Å². The Kier molecular flexibility index (Phi) is 4.00. The molecule has 0 aliphatic heterocycles. The SMILES string of the molecule is COc1cccc(N(C)c2cc(C)c(N)cc2Br)c1. The van der Waals surface area contributed by atoms with Crippen molar-refractivity contribution in [2.24, 2.45) is 0 Å². The molecule has 0 heterocycles. The van der Waals surface area contributed by atoms with Crippen molar-refractivity contribution in [1.29, 1.82) is 0 Å². The molecular formula is C15H17BrN2O. The van der Waals surface area contributed by atoms with Gasteiger partial charge in [0, 0.05) is 29.0 Å². The zero-order valence-corrected chi connectivity index (χ0v) is 12.9. The molecule has 0 saturated carbocycles.